The van der Waals surface area contributed by atoms with Crippen molar-refractivity contribution in [3.8, 4) is 11.4 Å². The molecule has 0 spiro atoms. The zero-order valence-electron chi connectivity index (χ0n) is 17.3. The number of nitrogens with one attached hydrogen (secondary N) is 1. The summed E-state index contributed by atoms with van der Waals surface area (Å²) in [6.45, 7) is 7.66. The van der Waals surface area contributed by atoms with Crippen LogP contribution in [0.25, 0.3) is 16.7 Å². The Labute approximate surface area is 202 Å². The van der Waals surface area contributed by atoms with Crippen LogP contribution in [0.4, 0.5) is 0 Å². The molecule has 0 fully saturated rings. The molecule has 1 aromatic heterocycles. The third kappa shape index (κ3) is 6.33. The first kappa shape index (κ1) is 26.2. The molecule has 3 rings (SSSR count). The Bertz CT molecular complexity index is 803. The van der Waals surface area contributed by atoms with E-state index in [-0.39, 0.29) is 56.7 Å². The maximum absolute atomic E-state index is 12.9. The number of imidazole rings is 1. The number of rotatable bonds is 4. The van der Waals surface area contributed by atoms with E-state index in [1.165, 1.54) is 0 Å². The average Bonchev–Trinajstić information content (AvgIpc) is 3.07. The first-order chi connectivity index (χ1) is 13.3. The summed E-state index contributed by atoms with van der Waals surface area (Å²) in [4.78, 5) is 17.5. The molecule has 0 saturated carbocycles. The van der Waals surface area contributed by atoms with Gasteiger partial charge in [-0.2, -0.15) is 0 Å². The number of hydrogen-bond donors (Lipinski definition) is 3. The first-order valence-electron chi connectivity index (χ1n) is 9.16. The number of fused-ring (bicyclic) bond motifs is 1. The van der Waals surface area contributed by atoms with Gasteiger partial charge in [0.15, 0.2) is 0 Å². The van der Waals surface area contributed by atoms with Crippen LogP contribution in [0.15, 0.2) is 24.3 Å². The molecule has 7 nitrogen and oxygen atoms in total. The molecule has 29 heavy (non-hydrogen) atoms. The van der Waals surface area contributed by atoms with Crippen molar-refractivity contribution in [2.75, 3.05) is 20.3 Å². The molecule has 1 aromatic carbocycles. The van der Waals surface area contributed by atoms with Gasteiger partial charge in [-0.3, -0.25) is 4.79 Å². The van der Waals surface area contributed by atoms with E-state index >= 15 is 0 Å². The fraction of sp³-hybridized carbons (Fsp3) is 0.500. The Morgan fingerprint density at radius 3 is 2.48 bits per heavy atom. The van der Waals surface area contributed by atoms with Crippen molar-refractivity contribution in [2.45, 2.75) is 39.9 Å². The van der Waals surface area contributed by atoms with Crippen LogP contribution in [0.1, 0.15) is 37.0 Å². The zero-order valence-corrected chi connectivity index (χ0v) is 20.9. The molecule has 1 radical (unpaired) electrons. The van der Waals surface area contributed by atoms with Crippen LogP contribution in [0.2, 0.25) is 5.02 Å². The number of carbonyl (C=O) groups is 1. The SMILES string of the molecule is CC(C)(C)C(CO)NC(=O)c1nc(-c2ccc(Cl)cc2)n2c1C[N-]CC2.CO.[Y]. The van der Waals surface area contributed by atoms with Crippen LogP contribution in [-0.2, 0) is 45.8 Å². The summed E-state index contributed by atoms with van der Waals surface area (Å²) in [7, 11) is 1.00. The van der Waals surface area contributed by atoms with Crippen LogP contribution in [0, 0.1) is 5.41 Å². The quantitative estimate of drug-likeness (QED) is 0.606. The third-order valence-corrected chi connectivity index (χ3v) is 4.92. The van der Waals surface area contributed by atoms with Crippen molar-refractivity contribution in [1.29, 1.82) is 0 Å². The Hall–Kier alpha value is -0.826. The zero-order chi connectivity index (χ0) is 20.9. The van der Waals surface area contributed by atoms with Crippen LogP contribution in [-0.4, -0.2) is 52.0 Å². The molecule has 3 N–H and O–H groups in total. The van der Waals surface area contributed by atoms with Crippen LogP contribution < -0.4 is 5.32 Å². The smallest absolute Gasteiger partial charge is 0.272 e. The van der Waals surface area contributed by atoms with E-state index in [9.17, 15) is 9.90 Å². The fourth-order valence-corrected chi connectivity index (χ4v) is 3.13. The van der Waals surface area contributed by atoms with Crippen molar-refractivity contribution >= 4 is 17.5 Å². The Morgan fingerprint density at radius 1 is 1.31 bits per heavy atom. The van der Waals surface area contributed by atoms with E-state index in [2.05, 4.69) is 20.2 Å². The third-order valence-electron chi connectivity index (χ3n) is 4.67. The maximum atomic E-state index is 12.9. The molecule has 1 unspecified atom stereocenters. The summed E-state index contributed by atoms with van der Waals surface area (Å²) in [5.41, 5.74) is 1.84. The molecular weight excluding hydrogens is 469 g/mol. The summed E-state index contributed by atoms with van der Waals surface area (Å²) >= 11 is 5.98. The molecule has 1 aliphatic heterocycles. The van der Waals surface area contributed by atoms with E-state index in [4.69, 9.17) is 16.7 Å². The van der Waals surface area contributed by atoms with E-state index in [0.717, 1.165) is 24.2 Å². The molecule has 2 aromatic rings. The number of aliphatic hydroxyl groups excluding tert-OH is 2. The van der Waals surface area contributed by atoms with Gasteiger partial charge in [-0.1, -0.05) is 32.4 Å². The van der Waals surface area contributed by atoms with Gasteiger partial charge in [0, 0.05) is 62.6 Å². The van der Waals surface area contributed by atoms with Gasteiger partial charge in [-0.15, -0.1) is 13.1 Å². The average molecular weight is 497 g/mol. The summed E-state index contributed by atoms with van der Waals surface area (Å²) in [5, 5.41) is 24.6. The van der Waals surface area contributed by atoms with Gasteiger partial charge >= 0.3 is 0 Å². The van der Waals surface area contributed by atoms with Gasteiger partial charge in [0.1, 0.15) is 11.5 Å². The van der Waals surface area contributed by atoms with Crippen molar-refractivity contribution in [1.82, 2.24) is 14.9 Å². The van der Waals surface area contributed by atoms with Gasteiger partial charge in [0.25, 0.3) is 5.91 Å². The number of amides is 1. The van der Waals surface area contributed by atoms with Crippen molar-refractivity contribution in [2.24, 2.45) is 5.41 Å². The molecule has 157 valence electrons. The van der Waals surface area contributed by atoms with Crippen molar-refractivity contribution < 1.29 is 47.7 Å². The Morgan fingerprint density at radius 2 is 1.93 bits per heavy atom. The minimum absolute atomic E-state index is 0. The Balaban J connectivity index is 0.00000136. The van der Waals surface area contributed by atoms with Crippen LogP contribution >= 0.6 is 11.6 Å². The summed E-state index contributed by atoms with van der Waals surface area (Å²) in [5.74, 6) is 0.466. The van der Waals surface area contributed by atoms with E-state index in [1.807, 2.05) is 45.0 Å². The Kier molecular flexibility index (Phi) is 10.4. The topological polar surface area (TPSA) is 101 Å². The second-order valence-electron chi connectivity index (χ2n) is 7.57. The molecular formula is C20H28ClN4O3Y-. The molecule has 0 aliphatic carbocycles. The summed E-state index contributed by atoms with van der Waals surface area (Å²) in [6, 6.07) is 7.07. The van der Waals surface area contributed by atoms with Gasteiger partial charge in [0.05, 0.1) is 12.6 Å². The first-order valence-corrected chi connectivity index (χ1v) is 9.54. The number of carbonyl (C=O) groups excluding carboxylic acids is 1. The van der Waals surface area contributed by atoms with Crippen molar-refractivity contribution in [3.63, 3.8) is 0 Å². The number of halogens is 1. The van der Waals surface area contributed by atoms with Gasteiger partial charge < -0.3 is 25.4 Å². The minimum atomic E-state index is -0.355. The maximum Gasteiger partial charge on any atom is 0.272 e. The standard InChI is InChI=1S/C19H24ClN4O2.CH4O.Y/c1-19(2,3)15(11-25)22-18(26)16-14-10-21-8-9-24(14)17(23-16)12-4-6-13(20)7-5-12;1-2;/h4-7,15,25H,8-11H2,1-3H3,(H,22,26);2H,1H3;/q-1;;. The summed E-state index contributed by atoms with van der Waals surface area (Å²) in [6.07, 6.45) is 0. The van der Waals surface area contributed by atoms with E-state index in [1.54, 1.807) is 0 Å². The van der Waals surface area contributed by atoms with Crippen LogP contribution in [0.5, 0.6) is 0 Å². The minimum Gasteiger partial charge on any atom is -0.656 e. The molecule has 1 atom stereocenters. The molecule has 0 saturated heterocycles. The molecule has 1 amide bonds. The number of nitrogens with zero attached hydrogens (tertiary/aromatic N) is 3. The fourth-order valence-electron chi connectivity index (χ4n) is 3.01. The molecule has 9 heteroatoms. The normalized spacial score (nSPS) is 14.0. The van der Waals surface area contributed by atoms with Gasteiger partial charge in [0.2, 0.25) is 0 Å². The number of benzene rings is 1. The second-order valence-corrected chi connectivity index (χ2v) is 8.01. The number of aliphatic hydroxyl groups is 2. The number of hydrogen-bond acceptors (Lipinski definition) is 4. The molecule has 2 heterocycles. The molecule has 1 aliphatic rings. The van der Waals surface area contributed by atoms with Crippen molar-refractivity contribution in [3.05, 3.63) is 46.0 Å². The van der Waals surface area contributed by atoms with Crippen LogP contribution in [0.3, 0.4) is 0 Å². The molecule has 0 bridgehead atoms. The van der Waals surface area contributed by atoms with Gasteiger partial charge in [-0.05, 0) is 29.7 Å². The monoisotopic (exact) mass is 496 g/mol. The van der Waals surface area contributed by atoms with E-state index in [0.29, 0.717) is 30.4 Å². The summed E-state index contributed by atoms with van der Waals surface area (Å²) < 4.78 is 2.05. The largest absolute Gasteiger partial charge is 0.656 e. The van der Waals surface area contributed by atoms with Gasteiger partial charge in [-0.25, -0.2) is 4.98 Å². The second kappa shape index (κ2) is 11.5. The van der Waals surface area contributed by atoms with E-state index < -0.39 is 0 Å². The predicted molar refractivity (Wildman–Crippen MR) is 111 cm³/mol. The predicted octanol–water partition coefficient (Wildman–Crippen LogP) is 2.83. The number of aromatic nitrogens is 2.